The van der Waals surface area contributed by atoms with Crippen LogP contribution in [0, 0.1) is 4.78 Å². The zero-order chi connectivity index (χ0) is 27.3. The fourth-order valence-corrected chi connectivity index (χ4v) is 5.14. The van der Waals surface area contributed by atoms with E-state index in [0.717, 1.165) is 12.8 Å². The van der Waals surface area contributed by atoms with E-state index in [1.165, 1.54) is 12.3 Å². The lowest BCUT2D eigenvalue weighted by molar-refractivity contribution is -0.126. The van der Waals surface area contributed by atoms with Gasteiger partial charge in [0.25, 0.3) is 11.8 Å². The molecular weight excluding hydrogens is 504 g/mol. The number of hydrogen-bond donors (Lipinski definition) is 3. The molecule has 38 heavy (non-hydrogen) atoms. The van der Waals surface area contributed by atoms with Crippen LogP contribution >= 0.6 is 0 Å². The largest absolute Gasteiger partial charge is 0.351 e. The summed E-state index contributed by atoms with van der Waals surface area (Å²) >= 11 is 0. The summed E-state index contributed by atoms with van der Waals surface area (Å²) in [6.07, 6.45) is 5.01. The summed E-state index contributed by atoms with van der Waals surface area (Å²) in [4.78, 5) is 45.3. The molecule has 200 valence electrons. The van der Waals surface area contributed by atoms with Crippen LogP contribution in [-0.2, 0) is 14.5 Å². The van der Waals surface area contributed by atoms with Crippen molar-refractivity contribution >= 4 is 44.4 Å². The van der Waals surface area contributed by atoms with Crippen molar-refractivity contribution in [3.63, 3.8) is 0 Å². The van der Waals surface area contributed by atoms with E-state index in [4.69, 9.17) is 4.78 Å². The van der Waals surface area contributed by atoms with Crippen molar-refractivity contribution in [1.29, 1.82) is 4.78 Å². The number of likely N-dealkylation sites (tertiary alicyclic amines) is 1. The molecule has 1 aromatic heterocycles. The molecule has 1 aliphatic heterocycles. The third-order valence-electron chi connectivity index (χ3n) is 6.49. The van der Waals surface area contributed by atoms with Gasteiger partial charge in [-0.05, 0) is 49.6 Å². The van der Waals surface area contributed by atoms with E-state index in [1.54, 1.807) is 47.4 Å². The Labute approximate surface area is 222 Å². The van der Waals surface area contributed by atoms with Gasteiger partial charge in [0.05, 0.1) is 22.6 Å². The average molecular weight is 537 g/mol. The molecule has 2 atom stereocenters. The molecule has 3 amide bonds. The monoisotopic (exact) mass is 536 g/mol. The molecule has 10 nitrogen and oxygen atoms in total. The highest BCUT2D eigenvalue weighted by molar-refractivity contribution is 7.91. The van der Waals surface area contributed by atoms with Crippen LogP contribution in [0.4, 0.5) is 5.95 Å². The predicted octanol–water partition coefficient (Wildman–Crippen LogP) is 3.43. The lowest BCUT2D eigenvalue weighted by atomic mass is 10.1. The Morgan fingerprint density at radius 3 is 2.61 bits per heavy atom. The van der Waals surface area contributed by atoms with Gasteiger partial charge in [-0.25, -0.2) is 4.98 Å². The Bertz CT molecular complexity index is 1470. The first-order chi connectivity index (χ1) is 18.2. The van der Waals surface area contributed by atoms with Gasteiger partial charge in [-0.2, -0.15) is 0 Å². The minimum atomic E-state index is -2.75. The number of carbonyl (C=O) groups is 3. The summed E-state index contributed by atoms with van der Waals surface area (Å²) < 4.78 is 21.2. The van der Waals surface area contributed by atoms with Crippen LogP contribution in [0.1, 0.15) is 46.0 Å². The minimum Gasteiger partial charge on any atom is -0.351 e. The van der Waals surface area contributed by atoms with E-state index in [2.05, 4.69) is 22.2 Å². The van der Waals surface area contributed by atoms with Crippen molar-refractivity contribution in [2.75, 3.05) is 37.0 Å². The van der Waals surface area contributed by atoms with Crippen molar-refractivity contribution in [2.45, 2.75) is 25.3 Å². The Hall–Kier alpha value is -3.99. The van der Waals surface area contributed by atoms with Crippen LogP contribution in [0.2, 0.25) is 0 Å². The summed E-state index contributed by atoms with van der Waals surface area (Å²) in [5.74, 6) is -0.585. The second kappa shape index (κ2) is 11.6. The van der Waals surface area contributed by atoms with Crippen molar-refractivity contribution in [1.82, 2.24) is 19.8 Å². The van der Waals surface area contributed by atoms with Crippen LogP contribution in [0.25, 0.3) is 11.0 Å². The second-order valence-electron chi connectivity index (χ2n) is 9.40. The first-order valence-corrected chi connectivity index (χ1v) is 14.6. The third kappa shape index (κ3) is 6.28. The quantitative estimate of drug-likeness (QED) is 0.379. The Morgan fingerprint density at radius 1 is 1.13 bits per heavy atom. The Balaban J connectivity index is 1.79. The standard InChI is InChI=1S/C27H32N6O4S/c1-3-23(34)32-16-8-7-12-20(18-32)33-24-21(26(36)29-15-17-38(2,28)37)13-9-14-22(24)30-27(33)31-25(35)19-10-5-4-6-11-19/h3-6,9-11,13-14,20,28H,1,7-8,12,15-18H2,2H3,(H,29,36)(H,30,31,35). The maximum absolute atomic E-state index is 13.2. The lowest BCUT2D eigenvalue weighted by Gasteiger charge is -2.26. The van der Waals surface area contributed by atoms with Crippen molar-refractivity contribution in [2.24, 2.45) is 0 Å². The number of amides is 3. The highest BCUT2D eigenvalue weighted by atomic mass is 32.2. The molecule has 0 bridgehead atoms. The number of para-hydroxylation sites is 1. The van der Waals surface area contributed by atoms with E-state index in [9.17, 15) is 18.6 Å². The van der Waals surface area contributed by atoms with Crippen LogP contribution < -0.4 is 10.6 Å². The average Bonchev–Trinajstić information content (AvgIpc) is 3.08. The van der Waals surface area contributed by atoms with Gasteiger partial charge in [0, 0.05) is 46.9 Å². The maximum Gasteiger partial charge on any atom is 0.257 e. The number of hydrogen-bond acceptors (Lipinski definition) is 6. The van der Waals surface area contributed by atoms with Crippen LogP contribution in [0.5, 0.6) is 0 Å². The summed E-state index contributed by atoms with van der Waals surface area (Å²) in [6.45, 7) is 4.68. The van der Waals surface area contributed by atoms with E-state index in [0.29, 0.717) is 41.7 Å². The van der Waals surface area contributed by atoms with E-state index in [1.807, 2.05) is 10.6 Å². The molecule has 11 heteroatoms. The molecule has 2 aromatic carbocycles. The maximum atomic E-state index is 13.2. The number of rotatable bonds is 8. The molecule has 1 fully saturated rings. The molecular formula is C27H32N6O4S. The van der Waals surface area contributed by atoms with Crippen molar-refractivity contribution in [3.8, 4) is 0 Å². The molecule has 0 radical (unpaired) electrons. The van der Waals surface area contributed by atoms with Gasteiger partial charge in [0.2, 0.25) is 11.9 Å². The van der Waals surface area contributed by atoms with Gasteiger partial charge in [-0.3, -0.25) is 28.7 Å². The third-order valence-corrected chi connectivity index (χ3v) is 7.47. The van der Waals surface area contributed by atoms with Gasteiger partial charge in [0.1, 0.15) is 0 Å². The van der Waals surface area contributed by atoms with Gasteiger partial charge in [-0.1, -0.05) is 30.8 Å². The van der Waals surface area contributed by atoms with E-state index in [-0.39, 0.29) is 36.1 Å². The highest BCUT2D eigenvalue weighted by Crippen LogP contribution is 2.32. The second-order valence-corrected chi connectivity index (χ2v) is 11.8. The molecule has 2 unspecified atom stereocenters. The molecule has 0 aliphatic carbocycles. The Kier molecular flexibility index (Phi) is 8.26. The highest BCUT2D eigenvalue weighted by Gasteiger charge is 2.28. The molecule has 1 saturated heterocycles. The topological polar surface area (TPSA) is 137 Å². The van der Waals surface area contributed by atoms with E-state index < -0.39 is 15.6 Å². The fourth-order valence-electron chi connectivity index (χ4n) is 4.65. The zero-order valence-electron chi connectivity index (χ0n) is 21.3. The first kappa shape index (κ1) is 27.1. The van der Waals surface area contributed by atoms with Gasteiger partial charge < -0.3 is 14.8 Å². The minimum absolute atomic E-state index is 0.0353. The van der Waals surface area contributed by atoms with Gasteiger partial charge in [-0.15, -0.1) is 0 Å². The number of benzene rings is 2. The molecule has 2 heterocycles. The number of nitrogens with one attached hydrogen (secondary N) is 3. The Morgan fingerprint density at radius 2 is 1.89 bits per heavy atom. The van der Waals surface area contributed by atoms with Crippen LogP contribution in [0.3, 0.4) is 0 Å². The molecule has 3 aromatic rings. The number of carbonyl (C=O) groups excluding carboxylic acids is 3. The number of aromatic nitrogens is 2. The van der Waals surface area contributed by atoms with E-state index >= 15 is 0 Å². The molecule has 0 spiro atoms. The predicted molar refractivity (Wildman–Crippen MR) is 148 cm³/mol. The number of nitrogens with zero attached hydrogens (tertiary/aromatic N) is 3. The summed E-state index contributed by atoms with van der Waals surface area (Å²) in [7, 11) is -2.75. The SMILES string of the molecule is C=CC(=O)N1CCCCC(n2c(NC(=O)c3ccccc3)nc3cccc(C(=O)NCCS(C)(=N)=O)c32)C1. The first-order valence-electron chi connectivity index (χ1n) is 12.5. The van der Waals surface area contributed by atoms with Gasteiger partial charge in [0.15, 0.2) is 0 Å². The van der Waals surface area contributed by atoms with Gasteiger partial charge >= 0.3 is 0 Å². The normalized spacial score (nSPS) is 17.3. The number of fused-ring (bicyclic) bond motifs is 1. The molecule has 3 N–H and O–H groups in total. The number of anilines is 1. The van der Waals surface area contributed by atoms with Crippen molar-refractivity contribution < 1.29 is 18.6 Å². The summed E-state index contributed by atoms with van der Waals surface area (Å²) in [5.41, 5.74) is 1.86. The van der Waals surface area contributed by atoms with Crippen LogP contribution in [0.15, 0.2) is 61.2 Å². The molecule has 1 aliphatic rings. The smallest absolute Gasteiger partial charge is 0.257 e. The summed E-state index contributed by atoms with van der Waals surface area (Å²) in [5, 5.41) is 5.67. The summed E-state index contributed by atoms with van der Waals surface area (Å²) in [6, 6.07) is 13.7. The lowest BCUT2D eigenvalue weighted by Crippen LogP contribution is -2.35. The molecule has 4 rings (SSSR count). The van der Waals surface area contributed by atoms with Crippen molar-refractivity contribution in [3.05, 3.63) is 72.3 Å². The fraction of sp³-hybridized carbons (Fsp3) is 0.333. The molecule has 0 saturated carbocycles. The van der Waals surface area contributed by atoms with Crippen LogP contribution in [-0.4, -0.2) is 68.0 Å². The number of imidazole rings is 1. The zero-order valence-corrected chi connectivity index (χ0v) is 22.1.